The van der Waals surface area contributed by atoms with Gasteiger partial charge in [-0.2, -0.15) is 0 Å². The summed E-state index contributed by atoms with van der Waals surface area (Å²) in [5.74, 6) is 2.85. The smallest absolute Gasteiger partial charge is 0.148 e. The molecule has 3 aromatic rings. The molecule has 7 heteroatoms. The van der Waals surface area contributed by atoms with Crippen molar-refractivity contribution >= 4 is 39.7 Å². The zero-order chi connectivity index (χ0) is 17.1. The molecule has 3 rings (SSSR count). The summed E-state index contributed by atoms with van der Waals surface area (Å²) in [6.45, 7) is 0.111. The minimum absolute atomic E-state index is 0.0165. The molecule has 0 saturated heterocycles. The average Bonchev–Trinajstić information content (AvgIpc) is 2.57. The molecular formula is C17H12ClFN4O. The molecule has 0 radical (unpaired) electrons. The topological polar surface area (TPSA) is 73.1 Å². The maximum atomic E-state index is 13.3. The number of hydrogen-bond donors (Lipinski definition) is 2. The van der Waals surface area contributed by atoms with Crippen LogP contribution in [0.3, 0.4) is 0 Å². The number of nitrogen functional groups attached to an aromatic ring is 1. The Morgan fingerprint density at radius 3 is 2.88 bits per heavy atom. The maximum absolute atomic E-state index is 13.3. The molecular weight excluding hydrogens is 331 g/mol. The van der Waals surface area contributed by atoms with Gasteiger partial charge < -0.3 is 15.8 Å². The summed E-state index contributed by atoms with van der Waals surface area (Å²) < 4.78 is 18.6. The first-order valence-corrected chi connectivity index (χ1v) is 7.29. The largest absolute Gasteiger partial charge is 0.479 e. The number of anilines is 3. The lowest BCUT2D eigenvalue weighted by atomic mass is 10.2. The second kappa shape index (κ2) is 6.60. The lowest BCUT2D eigenvalue weighted by Crippen LogP contribution is -2.01. The third kappa shape index (κ3) is 3.16. The van der Waals surface area contributed by atoms with Crippen molar-refractivity contribution in [2.75, 3.05) is 17.7 Å². The van der Waals surface area contributed by atoms with Gasteiger partial charge in [-0.25, -0.2) is 14.4 Å². The van der Waals surface area contributed by atoms with Gasteiger partial charge in [0.25, 0.3) is 0 Å². The standard InChI is InChI=1S/C17H12ClFN4O/c1-2-5-24-16-8-15-11(7-14(16)20)17(22-9-21-15)23-10-3-4-13(19)12(18)6-10/h1,3-4,6-9H,5,20H2,(H,21,22,23). The van der Waals surface area contributed by atoms with Gasteiger partial charge in [-0.3, -0.25) is 0 Å². The first kappa shape index (κ1) is 15.8. The van der Waals surface area contributed by atoms with E-state index in [0.29, 0.717) is 33.8 Å². The first-order chi connectivity index (χ1) is 11.6. The molecule has 0 aliphatic carbocycles. The summed E-state index contributed by atoms with van der Waals surface area (Å²) in [5.41, 5.74) is 7.61. The molecule has 0 spiro atoms. The predicted octanol–water partition coefficient (Wildman–Crippen LogP) is 3.76. The highest BCUT2D eigenvalue weighted by atomic mass is 35.5. The molecule has 0 saturated carbocycles. The van der Waals surface area contributed by atoms with Crippen LogP contribution in [-0.4, -0.2) is 16.6 Å². The number of nitrogens with zero attached hydrogens (tertiary/aromatic N) is 2. The molecule has 2 aromatic carbocycles. The quantitative estimate of drug-likeness (QED) is 0.558. The van der Waals surface area contributed by atoms with Crippen molar-refractivity contribution in [3.05, 3.63) is 47.5 Å². The third-order valence-corrected chi connectivity index (χ3v) is 3.55. The number of aromatic nitrogens is 2. The van der Waals surface area contributed by atoms with Crippen LogP contribution in [0.25, 0.3) is 10.9 Å². The van der Waals surface area contributed by atoms with Crippen LogP contribution < -0.4 is 15.8 Å². The minimum Gasteiger partial charge on any atom is -0.479 e. The Kier molecular flexibility index (Phi) is 4.36. The van der Waals surface area contributed by atoms with Crippen molar-refractivity contribution < 1.29 is 9.13 Å². The fourth-order valence-electron chi connectivity index (χ4n) is 2.16. The molecule has 1 aromatic heterocycles. The number of rotatable bonds is 4. The Hall–Kier alpha value is -3.04. The van der Waals surface area contributed by atoms with Gasteiger partial charge in [0, 0.05) is 17.1 Å². The number of ether oxygens (including phenoxy) is 1. The van der Waals surface area contributed by atoms with E-state index in [9.17, 15) is 4.39 Å². The van der Waals surface area contributed by atoms with Crippen molar-refractivity contribution in [3.8, 4) is 18.1 Å². The zero-order valence-electron chi connectivity index (χ0n) is 12.4. The van der Waals surface area contributed by atoms with Crippen LogP contribution in [-0.2, 0) is 0 Å². The fourth-order valence-corrected chi connectivity index (χ4v) is 2.34. The summed E-state index contributed by atoms with van der Waals surface area (Å²) >= 11 is 5.79. The average molecular weight is 343 g/mol. The van der Waals surface area contributed by atoms with E-state index < -0.39 is 5.82 Å². The lowest BCUT2D eigenvalue weighted by Gasteiger charge is -2.11. The van der Waals surface area contributed by atoms with Crippen LogP contribution >= 0.6 is 11.6 Å². The summed E-state index contributed by atoms with van der Waals surface area (Å²) in [7, 11) is 0. The van der Waals surface area contributed by atoms with Gasteiger partial charge in [0.15, 0.2) is 0 Å². The third-order valence-electron chi connectivity index (χ3n) is 3.26. The number of halogens is 2. The molecule has 5 nitrogen and oxygen atoms in total. The molecule has 0 aliphatic heterocycles. The van der Waals surface area contributed by atoms with E-state index in [1.165, 1.54) is 18.5 Å². The highest BCUT2D eigenvalue weighted by molar-refractivity contribution is 6.31. The van der Waals surface area contributed by atoms with Gasteiger partial charge >= 0.3 is 0 Å². The van der Waals surface area contributed by atoms with E-state index in [2.05, 4.69) is 21.2 Å². The summed E-state index contributed by atoms with van der Waals surface area (Å²) in [4.78, 5) is 8.40. The number of terminal acetylenes is 1. The minimum atomic E-state index is -0.491. The fraction of sp³-hybridized carbons (Fsp3) is 0.0588. The van der Waals surface area contributed by atoms with Crippen LogP contribution in [0, 0.1) is 18.2 Å². The van der Waals surface area contributed by atoms with Crippen molar-refractivity contribution in [1.29, 1.82) is 0 Å². The van der Waals surface area contributed by atoms with Crippen molar-refractivity contribution in [2.45, 2.75) is 0 Å². The Balaban J connectivity index is 2.00. The van der Waals surface area contributed by atoms with Crippen LogP contribution in [0.15, 0.2) is 36.7 Å². The van der Waals surface area contributed by atoms with E-state index in [0.717, 1.165) is 0 Å². The molecule has 0 fully saturated rings. The van der Waals surface area contributed by atoms with Crippen molar-refractivity contribution in [1.82, 2.24) is 9.97 Å². The molecule has 0 amide bonds. The van der Waals surface area contributed by atoms with Crippen molar-refractivity contribution in [3.63, 3.8) is 0 Å². The van der Waals surface area contributed by atoms with E-state index in [-0.39, 0.29) is 11.6 Å². The Morgan fingerprint density at radius 1 is 1.29 bits per heavy atom. The molecule has 3 N–H and O–H groups in total. The Bertz CT molecular complexity index is 955. The monoisotopic (exact) mass is 342 g/mol. The number of nitrogens with two attached hydrogens (primary N) is 1. The SMILES string of the molecule is C#CCOc1cc2ncnc(Nc3ccc(F)c(Cl)c3)c2cc1N. The van der Waals surface area contributed by atoms with Crippen LogP contribution in [0.4, 0.5) is 21.6 Å². The van der Waals surface area contributed by atoms with E-state index in [4.69, 9.17) is 28.5 Å². The van der Waals surface area contributed by atoms with Crippen molar-refractivity contribution in [2.24, 2.45) is 0 Å². The summed E-state index contributed by atoms with van der Waals surface area (Å²) in [6, 6.07) is 7.68. The van der Waals surface area contributed by atoms with E-state index >= 15 is 0 Å². The second-order valence-electron chi connectivity index (χ2n) is 4.88. The summed E-state index contributed by atoms with van der Waals surface area (Å²) in [5, 5.41) is 3.77. The molecule has 0 unspecified atom stereocenters. The van der Waals surface area contributed by atoms with Crippen LogP contribution in [0.1, 0.15) is 0 Å². The van der Waals surface area contributed by atoms with Gasteiger partial charge in [-0.15, -0.1) is 6.42 Å². The maximum Gasteiger partial charge on any atom is 0.148 e. The number of benzene rings is 2. The Labute approximate surface area is 142 Å². The zero-order valence-corrected chi connectivity index (χ0v) is 13.1. The highest BCUT2D eigenvalue weighted by Gasteiger charge is 2.10. The summed E-state index contributed by atoms with van der Waals surface area (Å²) in [6.07, 6.45) is 6.58. The van der Waals surface area contributed by atoms with Gasteiger partial charge in [-0.1, -0.05) is 17.5 Å². The number of fused-ring (bicyclic) bond motifs is 1. The molecule has 0 bridgehead atoms. The van der Waals surface area contributed by atoms with Gasteiger partial charge in [0.2, 0.25) is 0 Å². The molecule has 1 heterocycles. The number of hydrogen-bond acceptors (Lipinski definition) is 5. The lowest BCUT2D eigenvalue weighted by molar-refractivity contribution is 0.373. The van der Waals surface area contributed by atoms with Gasteiger partial charge in [-0.05, 0) is 24.3 Å². The van der Waals surface area contributed by atoms with Gasteiger partial charge in [0.05, 0.1) is 16.2 Å². The van der Waals surface area contributed by atoms with Crippen LogP contribution in [0.5, 0.6) is 5.75 Å². The predicted molar refractivity (Wildman–Crippen MR) is 93.0 cm³/mol. The van der Waals surface area contributed by atoms with E-state index in [1.807, 2.05) is 0 Å². The van der Waals surface area contributed by atoms with E-state index in [1.54, 1.807) is 18.2 Å². The Morgan fingerprint density at radius 2 is 2.12 bits per heavy atom. The molecule has 0 aliphatic rings. The molecule has 24 heavy (non-hydrogen) atoms. The molecule has 120 valence electrons. The van der Waals surface area contributed by atoms with Gasteiger partial charge in [0.1, 0.15) is 30.3 Å². The number of nitrogens with one attached hydrogen (secondary N) is 1. The normalized spacial score (nSPS) is 10.4. The first-order valence-electron chi connectivity index (χ1n) is 6.91. The highest BCUT2D eigenvalue weighted by Crippen LogP contribution is 2.31. The second-order valence-corrected chi connectivity index (χ2v) is 5.28. The van der Waals surface area contributed by atoms with Crippen LogP contribution in [0.2, 0.25) is 5.02 Å². The molecule has 0 atom stereocenters.